The van der Waals surface area contributed by atoms with Gasteiger partial charge in [-0.3, -0.25) is 13.4 Å². The summed E-state index contributed by atoms with van der Waals surface area (Å²) in [6.07, 6.45) is 0. The Morgan fingerprint density at radius 1 is 0.970 bits per heavy atom. The van der Waals surface area contributed by atoms with E-state index in [1.807, 2.05) is 71.1 Å². The largest absolute Gasteiger partial charge is 0.497 e. The molecule has 0 amide bonds. The van der Waals surface area contributed by atoms with Crippen molar-refractivity contribution < 1.29 is 8.95 Å². The maximum absolute atomic E-state index is 13.4. The van der Waals surface area contributed by atoms with Crippen LogP contribution in [0.2, 0.25) is 0 Å². The number of para-hydroxylation sites is 1. The second kappa shape index (κ2) is 9.21. The molecule has 0 bridgehead atoms. The van der Waals surface area contributed by atoms with E-state index in [4.69, 9.17) is 4.74 Å². The second-order valence-electron chi connectivity index (χ2n) is 7.19. The standard InChI is InChI=1S/C24H20N4O3S2/c1-31-18-9-7-8-17(16-18)27-22(29)20-12-5-6-13-21(20)28-23(27)25-26-24(28)32-14-15-33(30)19-10-3-2-4-11-19/h2-13,16H,14-15H2,1H3/t33-/m1/s1. The van der Waals surface area contributed by atoms with Crippen LogP contribution in [-0.2, 0) is 10.8 Å². The summed E-state index contributed by atoms with van der Waals surface area (Å²) in [6, 6.07) is 24.1. The summed E-state index contributed by atoms with van der Waals surface area (Å²) in [4.78, 5) is 14.2. The Hall–Kier alpha value is -3.43. The minimum Gasteiger partial charge on any atom is -0.497 e. The monoisotopic (exact) mass is 476 g/mol. The number of fused-ring (bicyclic) bond motifs is 3. The van der Waals surface area contributed by atoms with E-state index in [1.54, 1.807) is 23.8 Å². The molecule has 2 aromatic heterocycles. The molecule has 5 rings (SSSR count). The van der Waals surface area contributed by atoms with Gasteiger partial charge in [-0.1, -0.05) is 48.2 Å². The third-order valence-corrected chi connectivity index (χ3v) is 7.77. The van der Waals surface area contributed by atoms with Gasteiger partial charge in [0.25, 0.3) is 5.56 Å². The normalized spacial score (nSPS) is 12.3. The molecular weight excluding hydrogens is 456 g/mol. The summed E-state index contributed by atoms with van der Waals surface area (Å²) >= 11 is 1.47. The first-order valence-corrected chi connectivity index (χ1v) is 12.6. The Morgan fingerprint density at radius 2 is 1.76 bits per heavy atom. The minimum atomic E-state index is -1.09. The van der Waals surface area contributed by atoms with E-state index in [0.717, 1.165) is 10.4 Å². The average molecular weight is 477 g/mol. The number of thioether (sulfide) groups is 1. The number of hydrogen-bond donors (Lipinski definition) is 0. The van der Waals surface area contributed by atoms with Crippen LogP contribution >= 0.6 is 11.8 Å². The molecule has 5 aromatic rings. The van der Waals surface area contributed by atoms with Gasteiger partial charge in [0.1, 0.15) is 5.75 Å². The SMILES string of the molecule is COc1cccc(-n2c(=O)c3ccccc3n3c(SCC[S@@](=O)c4ccccc4)nnc23)c1. The molecule has 0 spiro atoms. The molecule has 0 unspecified atom stereocenters. The Kier molecular flexibility index (Phi) is 5.97. The molecular formula is C24H20N4O3S2. The first kappa shape index (κ1) is 21.4. The molecule has 166 valence electrons. The van der Waals surface area contributed by atoms with Crippen molar-refractivity contribution >= 4 is 39.2 Å². The molecule has 0 radical (unpaired) electrons. The zero-order chi connectivity index (χ0) is 22.8. The fourth-order valence-corrected chi connectivity index (χ4v) is 5.88. The van der Waals surface area contributed by atoms with Crippen molar-refractivity contribution in [3.8, 4) is 11.4 Å². The second-order valence-corrected chi connectivity index (χ2v) is 9.82. The van der Waals surface area contributed by atoms with E-state index < -0.39 is 10.8 Å². The van der Waals surface area contributed by atoms with E-state index >= 15 is 0 Å². The zero-order valence-electron chi connectivity index (χ0n) is 17.7. The van der Waals surface area contributed by atoms with Crippen LogP contribution in [0.25, 0.3) is 22.4 Å². The van der Waals surface area contributed by atoms with Gasteiger partial charge in [0.2, 0.25) is 5.78 Å². The van der Waals surface area contributed by atoms with Crippen LogP contribution < -0.4 is 10.3 Å². The van der Waals surface area contributed by atoms with Crippen molar-refractivity contribution in [2.24, 2.45) is 0 Å². The lowest BCUT2D eigenvalue weighted by atomic mass is 10.2. The molecule has 7 nitrogen and oxygen atoms in total. The lowest BCUT2D eigenvalue weighted by Gasteiger charge is -2.12. The fraction of sp³-hybridized carbons (Fsp3) is 0.125. The molecule has 0 saturated heterocycles. The number of benzene rings is 3. The molecule has 33 heavy (non-hydrogen) atoms. The summed E-state index contributed by atoms with van der Waals surface area (Å²) in [5.41, 5.74) is 1.19. The predicted molar refractivity (Wildman–Crippen MR) is 131 cm³/mol. The van der Waals surface area contributed by atoms with Crippen molar-refractivity contribution in [1.82, 2.24) is 19.2 Å². The summed E-state index contributed by atoms with van der Waals surface area (Å²) in [5.74, 6) is 2.13. The van der Waals surface area contributed by atoms with E-state index in [0.29, 0.717) is 39.3 Å². The predicted octanol–water partition coefficient (Wildman–Crippen LogP) is 3.94. The van der Waals surface area contributed by atoms with Crippen molar-refractivity contribution in [3.63, 3.8) is 0 Å². The topological polar surface area (TPSA) is 78.5 Å². The fourth-order valence-electron chi connectivity index (χ4n) is 3.65. The molecule has 9 heteroatoms. The highest BCUT2D eigenvalue weighted by molar-refractivity contribution is 8.00. The van der Waals surface area contributed by atoms with Crippen LogP contribution in [0.1, 0.15) is 0 Å². The summed E-state index contributed by atoms with van der Waals surface area (Å²) < 4.78 is 21.4. The highest BCUT2D eigenvalue weighted by Crippen LogP contribution is 2.24. The van der Waals surface area contributed by atoms with Crippen molar-refractivity contribution in [2.45, 2.75) is 10.1 Å². The third kappa shape index (κ3) is 4.05. The minimum absolute atomic E-state index is 0.180. The molecule has 2 heterocycles. The van der Waals surface area contributed by atoms with Gasteiger partial charge in [-0.15, -0.1) is 10.2 Å². The van der Waals surface area contributed by atoms with Gasteiger partial charge in [0.15, 0.2) is 5.16 Å². The molecule has 0 saturated carbocycles. The van der Waals surface area contributed by atoms with Gasteiger partial charge in [-0.05, 0) is 36.4 Å². The van der Waals surface area contributed by atoms with E-state index in [-0.39, 0.29) is 5.56 Å². The van der Waals surface area contributed by atoms with Crippen LogP contribution in [0.3, 0.4) is 0 Å². The lowest BCUT2D eigenvalue weighted by Crippen LogP contribution is -2.21. The zero-order valence-corrected chi connectivity index (χ0v) is 19.4. The smallest absolute Gasteiger partial charge is 0.267 e. The molecule has 0 aliphatic heterocycles. The highest BCUT2D eigenvalue weighted by Gasteiger charge is 2.18. The van der Waals surface area contributed by atoms with Gasteiger partial charge < -0.3 is 4.74 Å². The van der Waals surface area contributed by atoms with Gasteiger partial charge in [0.05, 0.1) is 34.5 Å². The third-order valence-electron chi connectivity index (χ3n) is 5.21. The van der Waals surface area contributed by atoms with Crippen LogP contribution in [0.4, 0.5) is 0 Å². The van der Waals surface area contributed by atoms with Crippen molar-refractivity contribution in [3.05, 3.63) is 89.2 Å². The van der Waals surface area contributed by atoms with Gasteiger partial charge in [0, 0.05) is 22.5 Å². The highest BCUT2D eigenvalue weighted by atomic mass is 32.2. The van der Waals surface area contributed by atoms with Crippen molar-refractivity contribution in [1.29, 1.82) is 0 Å². The number of methoxy groups -OCH3 is 1. The Balaban J connectivity index is 1.57. The van der Waals surface area contributed by atoms with Gasteiger partial charge in [-0.2, -0.15) is 0 Å². The van der Waals surface area contributed by atoms with E-state index in [9.17, 15) is 9.00 Å². The lowest BCUT2D eigenvalue weighted by molar-refractivity contribution is 0.414. The molecule has 0 aliphatic rings. The quantitative estimate of drug-likeness (QED) is 0.331. The van der Waals surface area contributed by atoms with Gasteiger partial charge in [-0.25, -0.2) is 4.57 Å². The molecule has 3 aromatic carbocycles. The molecule has 0 N–H and O–H groups in total. The number of rotatable bonds is 7. The Morgan fingerprint density at radius 3 is 2.58 bits per heavy atom. The summed E-state index contributed by atoms with van der Waals surface area (Å²) in [7, 11) is 0.492. The first-order chi connectivity index (χ1) is 16.2. The number of ether oxygens (including phenoxy) is 1. The Labute approximate surface area is 196 Å². The van der Waals surface area contributed by atoms with Crippen molar-refractivity contribution in [2.75, 3.05) is 18.6 Å². The number of nitrogens with zero attached hydrogens (tertiary/aromatic N) is 4. The summed E-state index contributed by atoms with van der Waals surface area (Å²) in [6.45, 7) is 0. The number of hydrogen-bond acceptors (Lipinski definition) is 6. The maximum atomic E-state index is 13.4. The maximum Gasteiger partial charge on any atom is 0.267 e. The van der Waals surface area contributed by atoms with E-state index in [2.05, 4.69) is 10.2 Å². The van der Waals surface area contributed by atoms with Gasteiger partial charge >= 0.3 is 0 Å². The van der Waals surface area contributed by atoms with Crippen LogP contribution in [-0.4, -0.2) is 42.0 Å². The first-order valence-electron chi connectivity index (χ1n) is 10.3. The molecule has 0 fully saturated rings. The van der Waals surface area contributed by atoms with Crippen LogP contribution in [0.15, 0.2) is 93.7 Å². The molecule has 0 aliphatic carbocycles. The Bertz CT molecular complexity index is 1530. The van der Waals surface area contributed by atoms with E-state index in [1.165, 1.54) is 11.8 Å². The molecule has 1 atom stereocenters. The number of aromatic nitrogens is 4. The average Bonchev–Trinajstić information content (AvgIpc) is 3.28. The van der Waals surface area contributed by atoms with Crippen LogP contribution in [0, 0.1) is 0 Å². The summed E-state index contributed by atoms with van der Waals surface area (Å²) in [5, 5.41) is 9.93. The van der Waals surface area contributed by atoms with Crippen LogP contribution in [0.5, 0.6) is 5.75 Å².